The first-order chi connectivity index (χ1) is 8.24. The Balaban J connectivity index is 4.30. The minimum atomic E-state index is -5.51. The van der Waals surface area contributed by atoms with Gasteiger partial charge in [-0.25, -0.2) is 0 Å². The lowest BCUT2D eigenvalue weighted by Gasteiger charge is -2.06. The lowest BCUT2D eigenvalue weighted by molar-refractivity contribution is -0.0540. The van der Waals surface area contributed by atoms with Gasteiger partial charge in [0.1, 0.15) is 0 Å². The molecule has 0 saturated carbocycles. The van der Waals surface area contributed by atoms with Crippen molar-refractivity contribution in [3.8, 4) is 11.8 Å². The lowest BCUT2D eigenvalue weighted by atomic mass is 10.2. The Kier molecular flexibility index (Phi) is 6.73. The molecule has 0 unspecified atom stereocenters. The molecule has 0 aromatic carbocycles. The van der Waals surface area contributed by atoms with Crippen LogP contribution < -0.4 is 0 Å². The zero-order valence-electron chi connectivity index (χ0n) is 9.91. The fourth-order valence-corrected chi connectivity index (χ4v) is 1.26. The highest BCUT2D eigenvalue weighted by molar-refractivity contribution is 7.87. The molecule has 0 N–H and O–H groups in total. The van der Waals surface area contributed by atoms with E-state index >= 15 is 0 Å². The van der Waals surface area contributed by atoms with Crippen LogP contribution in [0.2, 0.25) is 0 Å². The van der Waals surface area contributed by atoms with Crippen LogP contribution >= 0.6 is 0 Å². The first-order valence-corrected chi connectivity index (χ1v) is 6.39. The maximum atomic E-state index is 11.9. The fraction of sp³-hybridized carbons (Fsp3) is 0.455. The van der Waals surface area contributed by atoms with Crippen molar-refractivity contribution in [3.63, 3.8) is 0 Å². The van der Waals surface area contributed by atoms with Gasteiger partial charge in [0.05, 0.1) is 6.61 Å². The predicted octanol–water partition coefficient (Wildman–Crippen LogP) is 2.77. The molecule has 0 fully saturated rings. The summed E-state index contributed by atoms with van der Waals surface area (Å²) in [6, 6.07) is 0. The van der Waals surface area contributed by atoms with Crippen LogP contribution in [0.25, 0.3) is 0 Å². The Labute approximate surface area is 104 Å². The van der Waals surface area contributed by atoms with Gasteiger partial charge in [0.2, 0.25) is 0 Å². The van der Waals surface area contributed by atoms with E-state index in [1.165, 1.54) is 0 Å². The van der Waals surface area contributed by atoms with Crippen LogP contribution in [-0.4, -0.2) is 20.5 Å². The highest BCUT2D eigenvalue weighted by Crippen LogP contribution is 2.24. The molecule has 0 rings (SSSR count). The summed E-state index contributed by atoms with van der Waals surface area (Å²) >= 11 is 0. The van der Waals surface area contributed by atoms with Gasteiger partial charge >= 0.3 is 15.6 Å². The van der Waals surface area contributed by atoms with E-state index in [0.717, 1.165) is 0 Å². The van der Waals surface area contributed by atoms with E-state index in [-0.39, 0.29) is 6.42 Å². The van der Waals surface area contributed by atoms with Crippen LogP contribution in [0.5, 0.6) is 0 Å². The first-order valence-electron chi connectivity index (χ1n) is 4.98. The van der Waals surface area contributed by atoms with Crippen molar-refractivity contribution in [2.75, 3.05) is 6.61 Å². The molecular weight excluding hydrogens is 269 g/mol. The first kappa shape index (κ1) is 16.7. The molecule has 0 aliphatic heterocycles. The third kappa shape index (κ3) is 5.89. The molecule has 0 heterocycles. The maximum Gasteiger partial charge on any atom is 0.523 e. The number of hydrogen-bond acceptors (Lipinski definition) is 3. The third-order valence-corrected chi connectivity index (χ3v) is 2.68. The van der Waals surface area contributed by atoms with Crippen molar-refractivity contribution in [1.82, 2.24) is 0 Å². The molecule has 18 heavy (non-hydrogen) atoms. The van der Waals surface area contributed by atoms with Crippen LogP contribution in [0.4, 0.5) is 13.2 Å². The van der Waals surface area contributed by atoms with Crippen molar-refractivity contribution in [2.45, 2.75) is 25.8 Å². The molecule has 3 nitrogen and oxygen atoms in total. The van der Waals surface area contributed by atoms with Gasteiger partial charge in [0.15, 0.2) is 0 Å². The number of alkyl halides is 3. The van der Waals surface area contributed by atoms with Crippen molar-refractivity contribution in [1.29, 1.82) is 0 Å². The summed E-state index contributed by atoms with van der Waals surface area (Å²) < 4.78 is 60.3. The van der Waals surface area contributed by atoms with Gasteiger partial charge < -0.3 is 0 Å². The van der Waals surface area contributed by atoms with Crippen molar-refractivity contribution in [2.24, 2.45) is 0 Å². The van der Waals surface area contributed by atoms with E-state index in [1.54, 1.807) is 32.1 Å². The Morgan fingerprint density at radius 2 is 1.94 bits per heavy atom. The van der Waals surface area contributed by atoms with Crippen LogP contribution in [0, 0.1) is 11.8 Å². The van der Waals surface area contributed by atoms with Gasteiger partial charge in [-0.15, -0.1) is 0 Å². The van der Waals surface area contributed by atoms with Gasteiger partial charge in [0, 0.05) is 12.0 Å². The molecule has 0 aliphatic rings. The minimum Gasteiger partial charge on any atom is -0.262 e. The zero-order chi connectivity index (χ0) is 14.2. The normalized spacial score (nSPS) is 13.5. The smallest absolute Gasteiger partial charge is 0.262 e. The van der Waals surface area contributed by atoms with E-state index in [2.05, 4.69) is 16.0 Å². The largest absolute Gasteiger partial charge is 0.523 e. The molecule has 102 valence electrons. The van der Waals surface area contributed by atoms with E-state index < -0.39 is 22.2 Å². The summed E-state index contributed by atoms with van der Waals surface area (Å²) in [6.45, 7) is 2.93. The third-order valence-electron chi connectivity index (χ3n) is 1.64. The number of hydrogen-bond donors (Lipinski definition) is 0. The van der Waals surface area contributed by atoms with E-state index in [0.29, 0.717) is 5.57 Å². The van der Waals surface area contributed by atoms with E-state index in [1.807, 2.05) is 0 Å². The van der Waals surface area contributed by atoms with Gasteiger partial charge in [-0.3, -0.25) is 4.18 Å². The average Bonchev–Trinajstić information content (AvgIpc) is 2.25. The zero-order valence-corrected chi connectivity index (χ0v) is 10.7. The quantitative estimate of drug-likeness (QED) is 0.262. The van der Waals surface area contributed by atoms with Crippen molar-refractivity contribution in [3.05, 3.63) is 23.8 Å². The molecule has 7 heteroatoms. The fourth-order valence-electron chi connectivity index (χ4n) is 0.823. The van der Waals surface area contributed by atoms with Crippen molar-refractivity contribution >= 4 is 10.1 Å². The standard InChI is InChI=1S/C11H13F3O3S/c1-3-7-10(4-2)8-5-6-9-17-18(15,16)11(12,13)14/h3-4,7H,6,9H2,1-2H3/b7-3-,10-4+. The van der Waals surface area contributed by atoms with Gasteiger partial charge in [-0.1, -0.05) is 30.1 Å². The Morgan fingerprint density at radius 3 is 2.39 bits per heavy atom. The summed E-state index contributed by atoms with van der Waals surface area (Å²) in [4.78, 5) is 0. The van der Waals surface area contributed by atoms with Crippen LogP contribution in [0.3, 0.4) is 0 Å². The number of allylic oxidation sites excluding steroid dienone is 4. The molecule has 0 spiro atoms. The molecule has 0 aromatic rings. The Bertz CT molecular complexity index is 476. The Hall–Kier alpha value is -1.26. The summed E-state index contributed by atoms with van der Waals surface area (Å²) in [5.74, 6) is 5.18. The second-order valence-electron chi connectivity index (χ2n) is 3.02. The van der Waals surface area contributed by atoms with E-state index in [4.69, 9.17) is 0 Å². The average molecular weight is 282 g/mol. The molecule has 0 aromatic heterocycles. The number of rotatable bonds is 4. The van der Waals surface area contributed by atoms with Gasteiger partial charge in [-0.05, 0) is 13.8 Å². The second-order valence-corrected chi connectivity index (χ2v) is 4.62. The number of halogens is 3. The molecule has 0 saturated heterocycles. The molecule has 0 bridgehead atoms. The van der Waals surface area contributed by atoms with Crippen LogP contribution in [0.15, 0.2) is 23.8 Å². The summed E-state index contributed by atoms with van der Waals surface area (Å²) in [5.41, 5.74) is -4.70. The topological polar surface area (TPSA) is 43.4 Å². The predicted molar refractivity (Wildman–Crippen MR) is 61.9 cm³/mol. The van der Waals surface area contributed by atoms with Crippen LogP contribution in [0.1, 0.15) is 20.3 Å². The summed E-state index contributed by atoms with van der Waals surface area (Å²) in [5, 5.41) is 0. The Morgan fingerprint density at radius 1 is 1.33 bits per heavy atom. The molecular formula is C11H13F3O3S. The van der Waals surface area contributed by atoms with Crippen molar-refractivity contribution < 1.29 is 25.8 Å². The molecule has 0 radical (unpaired) electrons. The van der Waals surface area contributed by atoms with Gasteiger partial charge in [-0.2, -0.15) is 21.6 Å². The SMILES string of the molecule is C/C=C\C(C#CCCOS(=O)(=O)C(F)(F)F)=C/C. The second kappa shape index (κ2) is 7.24. The molecule has 0 amide bonds. The van der Waals surface area contributed by atoms with Gasteiger partial charge in [0.25, 0.3) is 0 Å². The highest BCUT2D eigenvalue weighted by Gasteiger charge is 2.47. The highest BCUT2D eigenvalue weighted by atomic mass is 32.2. The summed E-state index contributed by atoms with van der Waals surface area (Å²) in [7, 11) is -5.51. The monoisotopic (exact) mass is 282 g/mol. The van der Waals surface area contributed by atoms with Crippen LogP contribution in [-0.2, 0) is 14.3 Å². The summed E-state index contributed by atoms with van der Waals surface area (Å²) in [6.07, 6.45) is 5.10. The van der Waals surface area contributed by atoms with E-state index in [9.17, 15) is 21.6 Å². The lowest BCUT2D eigenvalue weighted by Crippen LogP contribution is -2.25. The molecule has 0 aliphatic carbocycles. The molecule has 0 atom stereocenters. The minimum absolute atomic E-state index is 0.107. The maximum absolute atomic E-state index is 11.9.